The lowest BCUT2D eigenvalue weighted by Crippen LogP contribution is -2.27. The summed E-state index contributed by atoms with van der Waals surface area (Å²) in [6, 6.07) is 10.1. The van der Waals surface area contributed by atoms with Gasteiger partial charge in [-0.2, -0.15) is 0 Å². The molecule has 1 heterocycles. The zero-order valence-electron chi connectivity index (χ0n) is 8.38. The van der Waals surface area contributed by atoms with Gasteiger partial charge in [-0.05, 0) is 17.8 Å². The van der Waals surface area contributed by atoms with Crippen molar-refractivity contribution >= 4 is 33.8 Å². The number of aromatic nitrogens is 2. The summed E-state index contributed by atoms with van der Waals surface area (Å²) in [7, 11) is 0. The van der Waals surface area contributed by atoms with Crippen LogP contribution in [-0.2, 0) is 6.54 Å². The monoisotopic (exact) mass is 250 g/mol. The molecule has 0 saturated carbocycles. The Hall–Kier alpha value is -1.53. The normalized spacial score (nSPS) is 9.75. The molecule has 2 aromatic rings. The lowest BCUT2D eigenvalue weighted by Gasteiger charge is -2.07. The van der Waals surface area contributed by atoms with Crippen molar-refractivity contribution in [2.24, 2.45) is 0 Å². The van der Waals surface area contributed by atoms with Crippen molar-refractivity contribution in [1.29, 1.82) is 0 Å². The van der Waals surface area contributed by atoms with E-state index in [0.717, 1.165) is 0 Å². The lowest BCUT2D eigenvalue weighted by atomic mass is 10.2. The zero-order valence-corrected chi connectivity index (χ0v) is 10.0. The highest BCUT2D eigenvalue weighted by atomic mass is 32.1. The van der Waals surface area contributed by atoms with Crippen LogP contribution in [0, 0.1) is 0 Å². The van der Waals surface area contributed by atoms with Crippen LogP contribution in [0.5, 0.6) is 0 Å². The van der Waals surface area contributed by atoms with Gasteiger partial charge in [0, 0.05) is 6.54 Å². The third-order valence-electron chi connectivity index (χ3n) is 1.88. The lowest BCUT2D eigenvalue weighted by molar-refractivity contribution is 0.924. The summed E-state index contributed by atoms with van der Waals surface area (Å²) >= 11 is 6.53. The molecule has 0 aliphatic rings. The van der Waals surface area contributed by atoms with Gasteiger partial charge in [-0.25, -0.2) is 0 Å². The maximum atomic E-state index is 5.12. The molecule has 1 aromatic heterocycles. The molecule has 0 radical (unpaired) electrons. The Bertz CT molecular complexity index is 441. The quantitative estimate of drug-likeness (QED) is 0.816. The van der Waals surface area contributed by atoms with Crippen LogP contribution >= 0.6 is 23.6 Å². The fraction of sp³-hybridized carbons (Fsp3) is 0.100. The number of nitrogens with zero attached hydrogens (tertiary/aromatic N) is 2. The molecule has 2 rings (SSSR count). The van der Waals surface area contributed by atoms with Crippen molar-refractivity contribution in [2.75, 3.05) is 5.32 Å². The summed E-state index contributed by atoms with van der Waals surface area (Å²) in [5, 5.41) is 14.9. The molecular weight excluding hydrogens is 240 g/mol. The largest absolute Gasteiger partial charge is 0.358 e. The van der Waals surface area contributed by atoms with Crippen molar-refractivity contribution in [3.63, 3.8) is 0 Å². The first-order valence-electron chi connectivity index (χ1n) is 4.69. The molecule has 0 spiro atoms. The van der Waals surface area contributed by atoms with Gasteiger partial charge in [0.2, 0.25) is 5.13 Å². The minimum atomic E-state index is 0.556. The highest BCUT2D eigenvalue weighted by molar-refractivity contribution is 7.80. The molecule has 0 saturated heterocycles. The SMILES string of the molecule is S=C(NCc1ccccc1)Nc1nncs1. The number of rotatable bonds is 3. The van der Waals surface area contributed by atoms with Crippen molar-refractivity contribution in [1.82, 2.24) is 15.5 Å². The highest BCUT2D eigenvalue weighted by Gasteiger charge is 1.99. The van der Waals surface area contributed by atoms with E-state index < -0.39 is 0 Å². The Balaban J connectivity index is 1.80. The van der Waals surface area contributed by atoms with Crippen molar-refractivity contribution in [3.05, 3.63) is 41.4 Å². The molecule has 0 aliphatic carbocycles. The van der Waals surface area contributed by atoms with E-state index in [-0.39, 0.29) is 0 Å². The minimum absolute atomic E-state index is 0.556. The number of hydrogen-bond acceptors (Lipinski definition) is 4. The number of hydrogen-bond donors (Lipinski definition) is 2. The maximum absolute atomic E-state index is 5.12. The van der Waals surface area contributed by atoms with E-state index >= 15 is 0 Å². The number of anilines is 1. The van der Waals surface area contributed by atoms with Crippen molar-refractivity contribution in [3.8, 4) is 0 Å². The Labute approximate surface area is 103 Å². The van der Waals surface area contributed by atoms with Crippen LogP contribution in [0.1, 0.15) is 5.56 Å². The van der Waals surface area contributed by atoms with Gasteiger partial charge in [-0.3, -0.25) is 0 Å². The smallest absolute Gasteiger partial charge is 0.211 e. The molecule has 6 heteroatoms. The predicted molar refractivity (Wildman–Crippen MR) is 69.4 cm³/mol. The molecule has 82 valence electrons. The second kappa shape index (κ2) is 5.53. The first kappa shape index (κ1) is 11.0. The summed E-state index contributed by atoms with van der Waals surface area (Å²) in [4.78, 5) is 0. The molecule has 0 fully saturated rings. The van der Waals surface area contributed by atoms with Gasteiger partial charge in [0.1, 0.15) is 5.51 Å². The maximum Gasteiger partial charge on any atom is 0.211 e. The highest BCUT2D eigenvalue weighted by Crippen LogP contribution is 2.07. The van der Waals surface area contributed by atoms with E-state index in [1.165, 1.54) is 16.9 Å². The molecule has 0 amide bonds. The van der Waals surface area contributed by atoms with Crippen LogP contribution in [0.15, 0.2) is 35.8 Å². The summed E-state index contributed by atoms with van der Waals surface area (Å²) < 4.78 is 0. The van der Waals surface area contributed by atoms with Crippen LogP contribution in [0.3, 0.4) is 0 Å². The van der Waals surface area contributed by atoms with Crippen LogP contribution in [0.4, 0.5) is 5.13 Å². The summed E-state index contributed by atoms with van der Waals surface area (Å²) in [5.41, 5.74) is 2.84. The van der Waals surface area contributed by atoms with Crippen LogP contribution in [0.2, 0.25) is 0 Å². The van der Waals surface area contributed by atoms with Crippen molar-refractivity contribution in [2.45, 2.75) is 6.54 Å². The molecule has 0 atom stereocenters. The third kappa shape index (κ3) is 3.25. The molecule has 4 nitrogen and oxygen atoms in total. The first-order chi connectivity index (χ1) is 7.84. The Kier molecular flexibility index (Phi) is 3.79. The minimum Gasteiger partial charge on any atom is -0.358 e. The van der Waals surface area contributed by atoms with E-state index in [9.17, 15) is 0 Å². The van der Waals surface area contributed by atoms with Crippen LogP contribution in [0.25, 0.3) is 0 Å². The molecular formula is C10H10N4S2. The molecule has 0 unspecified atom stereocenters. The van der Waals surface area contributed by atoms with Gasteiger partial charge in [-0.1, -0.05) is 41.7 Å². The first-order valence-corrected chi connectivity index (χ1v) is 5.98. The van der Waals surface area contributed by atoms with E-state index in [0.29, 0.717) is 16.8 Å². The van der Waals surface area contributed by atoms with Gasteiger partial charge < -0.3 is 10.6 Å². The molecule has 0 aliphatic heterocycles. The zero-order chi connectivity index (χ0) is 11.2. The van der Waals surface area contributed by atoms with E-state index in [4.69, 9.17) is 12.2 Å². The van der Waals surface area contributed by atoms with E-state index in [1.807, 2.05) is 30.3 Å². The Morgan fingerprint density at radius 3 is 2.81 bits per heavy atom. The summed E-state index contributed by atoms with van der Waals surface area (Å²) in [5.74, 6) is 0. The Morgan fingerprint density at radius 2 is 2.12 bits per heavy atom. The molecule has 16 heavy (non-hydrogen) atoms. The topological polar surface area (TPSA) is 49.8 Å². The molecule has 1 aromatic carbocycles. The van der Waals surface area contributed by atoms with Gasteiger partial charge in [0.25, 0.3) is 0 Å². The van der Waals surface area contributed by atoms with E-state index in [1.54, 1.807) is 5.51 Å². The molecule has 0 bridgehead atoms. The second-order valence-electron chi connectivity index (χ2n) is 3.04. The third-order valence-corrected chi connectivity index (χ3v) is 2.73. The van der Waals surface area contributed by atoms with Gasteiger partial charge in [-0.15, -0.1) is 10.2 Å². The summed E-state index contributed by atoms with van der Waals surface area (Å²) in [6.45, 7) is 0.700. The number of thiocarbonyl (C=S) groups is 1. The average molecular weight is 250 g/mol. The predicted octanol–water partition coefficient (Wildman–Crippen LogP) is 2.02. The summed E-state index contributed by atoms with van der Waals surface area (Å²) in [6.07, 6.45) is 0. The average Bonchev–Trinajstić information content (AvgIpc) is 2.81. The van der Waals surface area contributed by atoms with E-state index in [2.05, 4.69) is 20.8 Å². The molecule has 2 N–H and O–H groups in total. The number of nitrogens with one attached hydrogen (secondary N) is 2. The van der Waals surface area contributed by atoms with Crippen molar-refractivity contribution < 1.29 is 0 Å². The van der Waals surface area contributed by atoms with Gasteiger partial charge in [0.05, 0.1) is 0 Å². The Morgan fingerprint density at radius 1 is 1.31 bits per heavy atom. The standard InChI is InChI=1S/C10H10N4S2/c15-9(13-10-14-12-7-16-10)11-6-8-4-2-1-3-5-8/h1-5,7H,6H2,(H2,11,13,14,15). The van der Waals surface area contributed by atoms with Gasteiger partial charge >= 0.3 is 0 Å². The van der Waals surface area contributed by atoms with Crippen LogP contribution < -0.4 is 10.6 Å². The number of benzene rings is 1. The van der Waals surface area contributed by atoms with Gasteiger partial charge in [0.15, 0.2) is 5.11 Å². The fourth-order valence-electron chi connectivity index (χ4n) is 1.15. The van der Waals surface area contributed by atoms with Crippen LogP contribution in [-0.4, -0.2) is 15.3 Å². The second-order valence-corrected chi connectivity index (χ2v) is 4.28. The fourth-order valence-corrected chi connectivity index (χ4v) is 1.83.